The van der Waals surface area contributed by atoms with Gasteiger partial charge in [0, 0.05) is 95.4 Å². The number of nitrogens with one attached hydrogen (secondary N) is 3. The second-order valence-corrected chi connectivity index (χ2v) is 21.4. The lowest BCUT2D eigenvalue weighted by atomic mass is 9.88. The molecule has 5 rings (SSSR count). The highest BCUT2D eigenvalue weighted by molar-refractivity contribution is 5.92. The van der Waals surface area contributed by atoms with E-state index in [1.54, 1.807) is 46.8 Å². The summed E-state index contributed by atoms with van der Waals surface area (Å²) in [6.45, 7) is 12.5. The number of benzene rings is 3. The second-order valence-electron chi connectivity index (χ2n) is 21.4. The Morgan fingerprint density at radius 3 is 2.01 bits per heavy atom. The van der Waals surface area contributed by atoms with Crippen molar-refractivity contribution in [2.45, 2.75) is 142 Å². The van der Waals surface area contributed by atoms with Gasteiger partial charge in [0.2, 0.25) is 11.8 Å². The summed E-state index contributed by atoms with van der Waals surface area (Å²) >= 11 is 0. The van der Waals surface area contributed by atoms with Crippen LogP contribution in [-0.4, -0.2) is 133 Å². The molecule has 0 spiro atoms. The van der Waals surface area contributed by atoms with Gasteiger partial charge in [-0.05, 0) is 92.1 Å². The highest BCUT2D eigenvalue weighted by Gasteiger charge is 2.32. The number of carbonyl (C=O) groups is 8. The molecule has 1 heterocycles. The van der Waals surface area contributed by atoms with E-state index in [1.165, 1.54) is 5.01 Å². The van der Waals surface area contributed by atoms with Crippen LogP contribution in [0.25, 0.3) is 22.0 Å². The molecule has 0 saturated carbocycles. The number of hydrogen-bond donors (Lipinski definition) is 4. The van der Waals surface area contributed by atoms with E-state index in [9.17, 15) is 38.4 Å². The SMILES string of the molecule is CCC(=O)[C@H](CCCNC(N)=O)NC(=O)[C@@H](CC(=O)CCOCCOCCCC(=O)[C@H](CCC(=O)OC(C)(C)C)NC(=O)CCn1c(CN(C)N(C)C(=O)OCC2c3ccccc3-c3ccccc32)cc2ccccc21)C(C)C. The monoisotopic (exact) mass is 1090 g/mol. The molecule has 5 N–H and O–H groups in total. The van der Waals surface area contributed by atoms with E-state index in [0.29, 0.717) is 25.8 Å². The maximum atomic E-state index is 13.7. The summed E-state index contributed by atoms with van der Waals surface area (Å²) in [7, 11) is 3.46. The van der Waals surface area contributed by atoms with Crippen LogP contribution in [0.1, 0.15) is 128 Å². The van der Waals surface area contributed by atoms with Crippen LogP contribution < -0.4 is 21.7 Å². The van der Waals surface area contributed by atoms with Gasteiger partial charge < -0.3 is 45.2 Å². The minimum absolute atomic E-state index is 0.0109. The Morgan fingerprint density at radius 1 is 0.734 bits per heavy atom. The van der Waals surface area contributed by atoms with Gasteiger partial charge in [-0.15, -0.1) is 0 Å². The lowest BCUT2D eigenvalue weighted by Gasteiger charge is -2.28. The average molecular weight is 1090 g/mol. The number of Topliss-reactive ketones (excluding diaryl/α,β-unsaturated/α-hetero) is 3. The van der Waals surface area contributed by atoms with Crippen molar-refractivity contribution in [3.05, 3.63) is 95.7 Å². The number of nitrogens with two attached hydrogens (primary N) is 1. The first kappa shape index (κ1) is 62.9. The fourth-order valence-corrected chi connectivity index (χ4v) is 9.64. The van der Waals surface area contributed by atoms with Crippen molar-refractivity contribution in [3.8, 4) is 11.1 Å². The van der Waals surface area contributed by atoms with E-state index in [4.69, 9.17) is 24.7 Å². The van der Waals surface area contributed by atoms with E-state index in [1.807, 2.05) is 73.0 Å². The number of esters is 1. The van der Waals surface area contributed by atoms with Gasteiger partial charge in [-0.25, -0.2) is 19.6 Å². The molecule has 0 aliphatic heterocycles. The number of ether oxygens (including phenoxy) is 4. The van der Waals surface area contributed by atoms with E-state index in [-0.39, 0.29) is 132 Å². The fourth-order valence-electron chi connectivity index (χ4n) is 9.64. The Bertz CT molecular complexity index is 2670. The van der Waals surface area contributed by atoms with Gasteiger partial charge in [-0.1, -0.05) is 87.5 Å². The van der Waals surface area contributed by atoms with Gasteiger partial charge in [-0.3, -0.25) is 28.8 Å². The quantitative estimate of drug-likeness (QED) is 0.0199. The van der Waals surface area contributed by atoms with Crippen molar-refractivity contribution in [3.63, 3.8) is 0 Å². The minimum Gasteiger partial charge on any atom is -0.460 e. The third-order valence-electron chi connectivity index (χ3n) is 14.0. The maximum Gasteiger partial charge on any atom is 0.424 e. The molecule has 0 bridgehead atoms. The third-order valence-corrected chi connectivity index (χ3v) is 14.0. The van der Waals surface area contributed by atoms with E-state index < -0.39 is 41.7 Å². The molecule has 5 amide bonds. The topological polar surface area (TPSA) is 247 Å². The average Bonchev–Trinajstić information content (AvgIpc) is 4.18. The van der Waals surface area contributed by atoms with E-state index >= 15 is 0 Å². The van der Waals surface area contributed by atoms with Gasteiger partial charge >= 0.3 is 18.1 Å². The number of para-hydroxylation sites is 1. The normalized spacial score (nSPS) is 13.3. The Morgan fingerprint density at radius 2 is 1.37 bits per heavy atom. The first-order valence-electron chi connectivity index (χ1n) is 27.6. The van der Waals surface area contributed by atoms with Crippen molar-refractivity contribution in [1.82, 2.24) is 30.5 Å². The molecule has 0 fully saturated rings. The molecular weight excluding hydrogens is 1010 g/mol. The van der Waals surface area contributed by atoms with Crippen LogP contribution in [0.5, 0.6) is 0 Å². The lowest BCUT2D eigenvalue weighted by molar-refractivity contribution is -0.155. The molecule has 19 heteroatoms. The molecule has 0 radical (unpaired) electrons. The minimum atomic E-state index is -0.947. The van der Waals surface area contributed by atoms with Crippen LogP contribution in [0.2, 0.25) is 0 Å². The number of aromatic nitrogens is 1. The van der Waals surface area contributed by atoms with Gasteiger partial charge in [0.1, 0.15) is 18.0 Å². The molecule has 3 aromatic carbocycles. The molecular formula is C60H83N7O12. The Kier molecular flexibility index (Phi) is 24.7. The number of aryl methyl sites for hydroxylation is 1. The molecule has 1 aromatic heterocycles. The highest BCUT2D eigenvalue weighted by atomic mass is 16.6. The molecule has 3 atom stereocenters. The molecule has 1 aliphatic carbocycles. The maximum absolute atomic E-state index is 13.7. The summed E-state index contributed by atoms with van der Waals surface area (Å²) in [5, 5.41) is 12.4. The number of fused-ring (bicyclic) bond motifs is 4. The van der Waals surface area contributed by atoms with Crippen LogP contribution in [0.3, 0.4) is 0 Å². The number of carbonyl (C=O) groups excluding carboxylic acids is 8. The van der Waals surface area contributed by atoms with E-state index in [2.05, 4.69) is 40.2 Å². The molecule has 430 valence electrons. The fraction of sp³-hybridized carbons (Fsp3) is 0.533. The largest absolute Gasteiger partial charge is 0.460 e. The smallest absolute Gasteiger partial charge is 0.424 e. The number of primary amides is 1. The van der Waals surface area contributed by atoms with Gasteiger partial charge in [-0.2, -0.15) is 0 Å². The molecule has 0 saturated heterocycles. The predicted octanol–water partition coefficient (Wildman–Crippen LogP) is 7.78. The predicted molar refractivity (Wildman–Crippen MR) is 300 cm³/mol. The van der Waals surface area contributed by atoms with Crippen molar-refractivity contribution in [2.24, 2.45) is 17.6 Å². The Balaban J connectivity index is 1.07. The summed E-state index contributed by atoms with van der Waals surface area (Å²) in [6, 6.07) is 23.8. The van der Waals surface area contributed by atoms with Crippen LogP contribution >= 0.6 is 0 Å². The number of amides is 5. The zero-order valence-electron chi connectivity index (χ0n) is 47.4. The highest BCUT2D eigenvalue weighted by Crippen LogP contribution is 2.44. The lowest BCUT2D eigenvalue weighted by Crippen LogP contribution is -2.45. The summed E-state index contributed by atoms with van der Waals surface area (Å²) in [4.78, 5) is 103. The van der Waals surface area contributed by atoms with Crippen molar-refractivity contribution < 1.29 is 57.3 Å². The molecule has 4 aromatic rings. The van der Waals surface area contributed by atoms with Gasteiger partial charge in [0.05, 0.1) is 38.4 Å². The first-order chi connectivity index (χ1) is 37.7. The Hall–Kier alpha value is -6.96. The van der Waals surface area contributed by atoms with Crippen molar-refractivity contribution in [1.29, 1.82) is 0 Å². The summed E-state index contributed by atoms with van der Waals surface area (Å²) in [5.74, 6) is -2.67. The standard InChI is InChI=1S/C60H83N7O12/c1-9-53(69)50(23-16-30-62-58(61)74)64-57(73)48(40(2)3)37-43(68)29-33-77-35-34-76-32-17-25-54(70)51(26-27-56(72)79-60(4,5)6)63-55(71)28-31-67-42(36-41-18-10-15-24-52(41)67)38-65(7)66(8)59(75)78-39-49-46-21-13-11-19-44(46)45-20-12-14-22-47(45)49/h10-15,18-22,24,36,40,48-51H,9,16-17,23,25-35,37-39H2,1-8H3,(H,63,71)(H,64,73)(H3,61,62,74)/t48-,50-,51-/m0/s1. The molecule has 1 aliphatic rings. The molecule has 79 heavy (non-hydrogen) atoms. The zero-order valence-corrected chi connectivity index (χ0v) is 47.4. The molecule has 19 nitrogen and oxygen atoms in total. The number of ketones is 3. The van der Waals surface area contributed by atoms with Crippen molar-refractivity contribution >= 4 is 58.2 Å². The third kappa shape index (κ3) is 19.7. The van der Waals surface area contributed by atoms with E-state index in [0.717, 1.165) is 38.9 Å². The number of urea groups is 1. The zero-order chi connectivity index (χ0) is 57.6. The molecule has 0 unspecified atom stereocenters. The number of hydrogen-bond acceptors (Lipinski definition) is 13. The summed E-state index contributed by atoms with van der Waals surface area (Å²) in [6.07, 6.45) is 0.987. The van der Waals surface area contributed by atoms with Gasteiger partial charge in [0.15, 0.2) is 11.6 Å². The van der Waals surface area contributed by atoms with Gasteiger partial charge in [0.25, 0.3) is 0 Å². The summed E-state index contributed by atoms with van der Waals surface area (Å²) < 4.78 is 24.8. The van der Waals surface area contributed by atoms with Crippen LogP contribution in [-0.2, 0) is 60.8 Å². The number of rotatable bonds is 34. The Labute approximate surface area is 464 Å². The van der Waals surface area contributed by atoms with Crippen LogP contribution in [0, 0.1) is 11.8 Å². The summed E-state index contributed by atoms with van der Waals surface area (Å²) in [5.41, 5.74) is 10.7. The van der Waals surface area contributed by atoms with Crippen LogP contribution in [0.4, 0.5) is 9.59 Å². The number of hydrazine groups is 1. The number of nitrogens with zero attached hydrogens (tertiary/aromatic N) is 3. The first-order valence-corrected chi connectivity index (χ1v) is 27.6. The van der Waals surface area contributed by atoms with Crippen LogP contribution in [0.15, 0.2) is 78.9 Å². The second kappa shape index (κ2) is 31.0. The van der Waals surface area contributed by atoms with Crippen molar-refractivity contribution in [2.75, 3.05) is 53.7 Å².